The molecule has 1 atom stereocenters. The van der Waals surface area contributed by atoms with Crippen LogP contribution in [0.5, 0.6) is 11.5 Å². The molecular weight excluding hydrogens is 335 g/mol. The van der Waals surface area contributed by atoms with Crippen molar-refractivity contribution in [3.05, 3.63) is 23.8 Å². The number of ether oxygens (including phenoxy) is 2. The fraction of sp³-hybridized carbons (Fsp3) is 0.647. The highest BCUT2D eigenvalue weighted by Crippen LogP contribution is 2.39. The normalized spacial score (nSPS) is 16.0. The largest absolute Gasteiger partial charge is 0.493 e. The number of rotatable bonds is 7. The minimum Gasteiger partial charge on any atom is -0.493 e. The summed E-state index contributed by atoms with van der Waals surface area (Å²) in [5, 5.41) is 3.43. The Morgan fingerprint density at radius 3 is 2.39 bits per heavy atom. The van der Waals surface area contributed by atoms with E-state index in [0.717, 1.165) is 37.7 Å². The molecule has 1 aromatic carbocycles. The predicted molar refractivity (Wildman–Crippen MR) is 101 cm³/mol. The molecule has 0 aromatic heterocycles. The predicted octanol–water partition coefficient (Wildman–Crippen LogP) is 3.68. The maximum Gasteiger partial charge on any atom is 0.165 e. The maximum atomic E-state index is 5.65. The number of para-hydroxylation sites is 1. The fourth-order valence-corrected chi connectivity index (χ4v) is 3.10. The summed E-state index contributed by atoms with van der Waals surface area (Å²) in [6.07, 6.45) is 3.61. The van der Waals surface area contributed by atoms with Crippen molar-refractivity contribution in [2.24, 2.45) is 0 Å². The average Bonchev–Trinajstić information content (AvgIpc) is 2.55. The van der Waals surface area contributed by atoms with Gasteiger partial charge in [0, 0.05) is 37.8 Å². The zero-order valence-electron chi connectivity index (χ0n) is 14.3. The van der Waals surface area contributed by atoms with Gasteiger partial charge in [-0.05, 0) is 12.5 Å². The van der Waals surface area contributed by atoms with E-state index in [1.165, 1.54) is 24.8 Å². The monoisotopic (exact) mass is 364 g/mol. The lowest BCUT2D eigenvalue weighted by molar-refractivity contribution is 0.160. The number of hydrogen-bond donors (Lipinski definition) is 1. The Bertz CT molecular complexity index is 441. The molecule has 0 amide bonds. The number of halogens is 2. The van der Waals surface area contributed by atoms with Gasteiger partial charge in [0.25, 0.3) is 0 Å². The lowest BCUT2D eigenvalue weighted by atomic mass is 9.97. The molecule has 2 rings (SSSR count). The smallest absolute Gasteiger partial charge is 0.165 e. The van der Waals surface area contributed by atoms with Crippen molar-refractivity contribution in [2.75, 3.05) is 40.4 Å². The third kappa shape index (κ3) is 5.71. The van der Waals surface area contributed by atoms with Crippen LogP contribution in [0.2, 0.25) is 0 Å². The van der Waals surface area contributed by atoms with Crippen molar-refractivity contribution < 1.29 is 9.47 Å². The van der Waals surface area contributed by atoms with Gasteiger partial charge in [0.1, 0.15) is 0 Å². The summed E-state index contributed by atoms with van der Waals surface area (Å²) in [5.74, 6) is 1.71. The first kappa shape index (κ1) is 22.3. The molecule has 23 heavy (non-hydrogen) atoms. The van der Waals surface area contributed by atoms with E-state index in [-0.39, 0.29) is 24.8 Å². The van der Waals surface area contributed by atoms with Gasteiger partial charge in [-0.15, -0.1) is 24.8 Å². The molecule has 1 N–H and O–H groups in total. The first-order chi connectivity index (χ1) is 10.3. The molecule has 0 radical (unpaired) electrons. The molecular formula is C17H30Cl2N2O2. The van der Waals surface area contributed by atoms with E-state index in [2.05, 4.69) is 29.3 Å². The van der Waals surface area contributed by atoms with Gasteiger partial charge in [-0.1, -0.05) is 31.9 Å². The number of hydrogen-bond acceptors (Lipinski definition) is 4. The van der Waals surface area contributed by atoms with Crippen molar-refractivity contribution in [1.82, 2.24) is 10.2 Å². The molecule has 0 bridgehead atoms. The highest BCUT2D eigenvalue weighted by atomic mass is 35.5. The average molecular weight is 365 g/mol. The zero-order chi connectivity index (χ0) is 15.1. The van der Waals surface area contributed by atoms with Crippen LogP contribution in [0, 0.1) is 0 Å². The quantitative estimate of drug-likeness (QED) is 0.799. The topological polar surface area (TPSA) is 33.7 Å². The van der Waals surface area contributed by atoms with Gasteiger partial charge in [0.15, 0.2) is 11.5 Å². The van der Waals surface area contributed by atoms with Crippen molar-refractivity contribution in [3.8, 4) is 11.5 Å². The molecule has 1 aliphatic rings. The second-order valence-electron chi connectivity index (χ2n) is 5.53. The summed E-state index contributed by atoms with van der Waals surface area (Å²) in [4.78, 5) is 2.57. The SMILES string of the molecule is CCCC[C@@H](c1cccc(OC)c1OC)N1CCNCC1.Cl.Cl. The molecule has 0 saturated carbocycles. The molecule has 0 unspecified atom stereocenters. The van der Waals surface area contributed by atoms with Crippen LogP contribution in [0.25, 0.3) is 0 Å². The summed E-state index contributed by atoms with van der Waals surface area (Å²) in [7, 11) is 3.43. The van der Waals surface area contributed by atoms with E-state index < -0.39 is 0 Å². The van der Waals surface area contributed by atoms with Gasteiger partial charge >= 0.3 is 0 Å². The maximum absolute atomic E-state index is 5.65. The fourth-order valence-electron chi connectivity index (χ4n) is 3.10. The van der Waals surface area contributed by atoms with Gasteiger partial charge in [0.05, 0.1) is 14.2 Å². The minimum absolute atomic E-state index is 0. The van der Waals surface area contributed by atoms with Gasteiger partial charge in [0.2, 0.25) is 0 Å². The molecule has 1 saturated heterocycles. The van der Waals surface area contributed by atoms with E-state index >= 15 is 0 Å². The van der Waals surface area contributed by atoms with Crippen molar-refractivity contribution in [3.63, 3.8) is 0 Å². The molecule has 0 aliphatic carbocycles. The second-order valence-corrected chi connectivity index (χ2v) is 5.53. The second kappa shape index (κ2) is 11.8. The highest BCUT2D eigenvalue weighted by molar-refractivity contribution is 5.85. The molecule has 4 nitrogen and oxygen atoms in total. The van der Waals surface area contributed by atoms with Crippen LogP contribution in [-0.2, 0) is 0 Å². The highest BCUT2D eigenvalue weighted by Gasteiger charge is 2.25. The Labute approximate surface area is 152 Å². The van der Waals surface area contributed by atoms with Crippen LogP contribution in [-0.4, -0.2) is 45.3 Å². The Morgan fingerprint density at radius 2 is 1.83 bits per heavy atom. The van der Waals surface area contributed by atoms with Gasteiger partial charge in [-0.25, -0.2) is 0 Å². The first-order valence-corrected chi connectivity index (χ1v) is 7.97. The molecule has 1 heterocycles. The molecule has 0 spiro atoms. The third-order valence-electron chi connectivity index (χ3n) is 4.22. The standard InChI is InChI=1S/C17H28N2O2.2ClH/c1-4-5-8-15(19-12-10-18-11-13-19)14-7-6-9-16(20-2)17(14)21-3;;/h6-7,9,15,18H,4-5,8,10-13H2,1-3H3;2*1H/t15-;;/m0../s1. The molecule has 1 aliphatic heterocycles. The van der Waals surface area contributed by atoms with E-state index in [1.54, 1.807) is 14.2 Å². The van der Waals surface area contributed by atoms with E-state index in [0.29, 0.717) is 6.04 Å². The number of nitrogens with zero attached hydrogens (tertiary/aromatic N) is 1. The van der Waals surface area contributed by atoms with E-state index in [1.807, 2.05) is 6.07 Å². The van der Waals surface area contributed by atoms with Crippen LogP contribution in [0.15, 0.2) is 18.2 Å². The lowest BCUT2D eigenvalue weighted by Crippen LogP contribution is -2.45. The van der Waals surface area contributed by atoms with Crippen LogP contribution in [0.4, 0.5) is 0 Å². The van der Waals surface area contributed by atoms with E-state index in [9.17, 15) is 0 Å². The number of methoxy groups -OCH3 is 2. The Balaban J connectivity index is 0.00000242. The van der Waals surface area contributed by atoms with Crippen LogP contribution in [0.1, 0.15) is 37.8 Å². The third-order valence-corrected chi connectivity index (χ3v) is 4.22. The zero-order valence-corrected chi connectivity index (χ0v) is 16.0. The number of nitrogens with one attached hydrogen (secondary N) is 1. The van der Waals surface area contributed by atoms with Gasteiger partial charge in [-0.3, -0.25) is 4.90 Å². The Hall–Kier alpha value is -0.680. The Kier molecular flexibility index (Phi) is 11.4. The summed E-state index contributed by atoms with van der Waals surface area (Å²) < 4.78 is 11.1. The van der Waals surface area contributed by atoms with Gasteiger partial charge < -0.3 is 14.8 Å². The summed E-state index contributed by atoms with van der Waals surface area (Å²) in [5.41, 5.74) is 1.26. The molecule has 1 aromatic rings. The van der Waals surface area contributed by atoms with Crippen molar-refractivity contribution >= 4 is 24.8 Å². The van der Waals surface area contributed by atoms with E-state index in [4.69, 9.17) is 9.47 Å². The number of benzene rings is 1. The molecule has 134 valence electrons. The van der Waals surface area contributed by atoms with Crippen LogP contribution in [0.3, 0.4) is 0 Å². The first-order valence-electron chi connectivity index (χ1n) is 7.97. The van der Waals surface area contributed by atoms with Gasteiger partial charge in [-0.2, -0.15) is 0 Å². The van der Waals surface area contributed by atoms with Crippen molar-refractivity contribution in [1.29, 1.82) is 0 Å². The summed E-state index contributed by atoms with van der Waals surface area (Å²) >= 11 is 0. The Morgan fingerprint density at radius 1 is 1.13 bits per heavy atom. The number of unbranched alkanes of at least 4 members (excludes halogenated alkanes) is 1. The molecule has 1 fully saturated rings. The summed E-state index contributed by atoms with van der Waals surface area (Å²) in [6, 6.07) is 6.63. The van der Waals surface area contributed by atoms with Crippen LogP contribution < -0.4 is 14.8 Å². The van der Waals surface area contributed by atoms with Crippen LogP contribution >= 0.6 is 24.8 Å². The number of piperazine rings is 1. The summed E-state index contributed by atoms with van der Waals surface area (Å²) in [6.45, 7) is 6.56. The molecule has 6 heteroatoms. The lowest BCUT2D eigenvalue weighted by Gasteiger charge is -2.36. The van der Waals surface area contributed by atoms with Crippen molar-refractivity contribution in [2.45, 2.75) is 32.2 Å². The minimum atomic E-state index is 0.